The average molecular weight is 343 g/mol. The zero-order valence-electron chi connectivity index (χ0n) is 16.0. The van der Waals surface area contributed by atoms with Gasteiger partial charge in [-0.2, -0.15) is 0 Å². The first kappa shape index (κ1) is 19.4. The number of aliphatic hydroxyl groups excluding tert-OH is 1. The lowest BCUT2D eigenvalue weighted by molar-refractivity contribution is -0.698. The van der Waals surface area contributed by atoms with Crippen LogP contribution in [0.25, 0.3) is 0 Å². The quantitative estimate of drug-likeness (QED) is 0.813. The van der Waals surface area contributed by atoms with Gasteiger partial charge in [0.1, 0.15) is 31.0 Å². The van der Waals surface area contributed by atoms with Crippen LogP contribution in [0.4, 0.5) is 0 Å². The van der Waals surface area contributed by atoms with Gasteiger partial charge >= 0.3 is 0 Å². The molecule has 3 N–H and O–H groups in total. The molecule has 2 rings (SSSR count). The average Bonchev–Trinajstić information content (AvgIpc) is 2.58. The summed E-state index contributed by atoms with van der Waals surface area (Å²) in [6.45, 7) is 11.7. The van der Waals surface area contributed by atoms with Gasteiger partial charge in [-0.3, -0.25) is 4.98 Å². The lowest BCUT2D eigenvalue weighted by Gasteiger charge is -2.21. The maximum absolute atomic E-state index is 10.2. The highest BCUT2D eigenvalue weighted by molar-refractivity contribution is 5.38. The second kappa shape index (κ2) is 8.45. The number of benzene rings is 1. The number of rotatable bonds is 7. The molecule has 0 bridgehead atoms. The fourth-order valence-electron chi connectivity index (χ4n) is 2.70. The van der Waals surface area contributed by atoms with Crippen LogP contribution >= 0.6 is 0 Å². The third-order valence-electron chi connectivity index (χ3n) is 4.47. The summed E-state index contributed by atoms with van der Waals surface area (Å²) in [5.41, 5.74) is 3.73. The number of aliphatic hydroxyl groups is 1. The lowest BCUT2D eigenvalue weighted by atomic mass is 9.86. The molecule has 0 amide bonds. The van der Waals surface area contributed by atoms with Crippen molar-refractivity contribution in [3.8, 4) is 5.75 Å². The summed E-state index contributed by atoms with van der Waals surface area (Å²) in [6.07, 6.45) is 3.08. The molecule has 4 heteroatoms. The normalized spacial score (nSPS) is 14.2. The van der Waals surface area contributed by atoms with E-state index in [2.05, 4.69) is 57.1 Å². The first-order valence-corrected chi connectivity index (χ1v) is 8.92. The number of aryl methyl sites for hydroxylation is 1. The van der Waals surface area contributed by atoms with Crippen molar-refractivity contribution < 1.29 is 15.2 Å². The van der Waals surface area contributed by atoms with Crippen molar-refractivity contribution in [2.24, 2.45) is 0 Å². The largest absolute Gasteiger partial charge is 0.490 e. The number of aromatic nitrogens is 1. The SMILES string of the molecule is Cc1cc(C(C)(C)C)ccc1OC[C@@H](O)C[NH2+][C@H](C)c1ccncc1. The lowest BCUT2D eigenvalue weighted by Crippen LogP contribution is -2.87. The number of ether oxygens (including phenoxy) is 1. The summed E-state index contributed by atoms with van der Waals surface area (Å²) in [5, 5.41) is 12.3. The smallest absolute Gasteiger partial charge is 0.137 e. The fraction of sp³-hybridized carbons (Fsp3) is 0.476. The molecule has 0 fully saturated rings. The van der Waals surface area contributed by atoms with E-state index in [0.29, 0.717) is 13.2 Å². The minimum Gasteiger partial charge on any atom is -0.490 e. The molecule has 4 nitrogen and oxygen atoms in total. The van der Waals surface area contributed by atoms with Gasteiger partial charge in [0, 0.05) is 18.0 Å². The Labute approximate surface area is 151 Å². The maximum atomic E-state index is 10.2. The Hall–Kier alpha value is -1.91. The molecule has 2 atom stereocenters. The molecule has 0 aliphatic carbocycles. The molecule has 0 saturated heterocycles. The Bertz CT molecular complexity index is 665. The van der Waals surface area contributed by atoms with E-state index in [-0.39, 0.29) is 11.5 Å². The second-order valence-corrected chi connectivity index (χ2v) is 7.74. The Morgan fingerprint density at radius 2 is 1.84 bits per heavy atom. The number of quaternary nitrogens is 1. The van der Waals surface area contributed by atoms with Gasteiger partial charge in [-0.25, -0.2) is 0 Å². The molecule has 1 aromatic carbocycles. The predicted molar refractivity (Wildman–Crippen MR) is 101 cm³/mol. The third kappa shape index (κ3) is 5.83. The molecule has 1 heterocycles. The van der Waals surface area contributed by atoms with E-state index in [9.17, 15) is 5.11 Å². The Balaban J connectivity index is 1.83. The van der Waals surface area contributed by atoms with E-state index in [1.54, 1.807) is 12.4 Å². The van der Waals surface area contributed by atoms with Crippen LogP contribution in [0.15, 0.2) is 42.7 Å². The van der Waals surface area contributed by atoms with Crippen LogP contribution in [0.2, 0.25) is 0 Å². The minimum atomic E-state index is -0.508. The number of hydrogen-bond donors (Lipinski definition) is 2. The molecule has 0 saturated carbocycles. The van der Waals surface area contributed by atoms with Crippen LogP contribution in [-0.2, 0) is 5.41 Å². The number of hydrogen-bond acceptors (Lipinski definition) is 3. The summed E-state index contributed by atoms with van der Waals surface area (Å²) >= 11 is 0. The van der Waals surface area contributed by atoms with Crippen molar-refractivity contribution in [3.63, 3.8) is 0 Å². The van der Waals surface area contributed by atoms with Crippen molar-refractivity contribution in [1.29, 1.82) is 0 Å². The summed E-state index contributed by atoms with van der Waals surface area (Å²) in [6, 6.07) is 10.6. The van der Waals surface area contributed by atoms with Crippen molar-refractivity contribution in [2.45, 2.75) is 52.2 Å². The number of pyridine rings is 1. The van der Waals surface area contributed by atoms with Gasteiger partial charge in [0.15, 0.2) is 0 Å². The topological polar surface area (TPSA) is 59.0 Å². The summed E-state index contributed by atoms with van der Waals surface area (Å²) < 4.78 is 5.82. The van der Waals surface area contributed by atoms with Crippen LogP contribution in [0.3, 0.4) is 0 Å². The molecule has 0 radical (unpaired) electrons. The molecular weight excluding hydrogens is 312 g/mol. The minimum absolute atomic E-state index is 0.126. The van der Waals surface area contributed by atoms with E-state index in [0.717, 1.165) is 11.3 Å². The van der Waals surface area contributed by atoms with Crippen molar-refractivity contribution in [2.75, 3.05) is 13.2 Å². The molecule has 0 aliphatic rings. The second-order valence-electron chi connectivity index (χ2n) is 7.74. The van der Waals surface area contributed by atoms with Gasteiger partial charge in [0.2, 0.25) is 0 Å². The molecular formula is C21H31N2O2+. The van der Waals surface area contributed by atoms with Crippen LogP contribution in [0, 0.1) is 6.92 Å². The van der Waals surface area contributed by atoms with Gasteiger partial charge < -0.3 is 15.2 Å². The van der Waals surface area contributed by atoms with Crippen LogP contribution in [-0.4, -0.2) is 29.3 Å². The predicted octanol–water partition coefficient (Wildman–Crippen LogP) is 2.75. The molecule has 2 aromatic rings. The van der Waals surface area contributed by atoms with Gasteiger partial charge in [0.05, 0.1) is 0 Å². The van der Waals surface area contributed by atoms with Crippen LogP contribution in [0.1, 0.15) is 50.4 Å². The van der Waals surface area contributed by atoms with Crippen molar-refractivity contribution in [3.05, 3.63) is 59.4 Å². The van der Waals surface area contributed by atoms with E-state index >= 15 is 0 Å². The highest BCUT2D eigenvalue weighted by Gasteiger charge is 2.16. The molecule has 0 spiro atoms. The number of nitrogens with two attached hydrogens (primary N) is 1. The van der Waals surface area contributed by atoms with Crippen LogP contribution < -0.4 is 10.1 Å². The zero-order chi connectivity index (χ0) is 18.4. The van der Waals surface area contributed by atoms with Crippen molar-refractivity contribution in [1.82, 2.24) is 4.98 Å². The van der Waals surface area contributed by atoms with E-state index in [1.807, 2.05) is 18.2 Å². The molecule has 136 valence electrons. The highest BCUT2D eigenvalue weighted by Crippen LogP contribution is 2.27. The summed E-state index contributed by atoms with van der Waals surface area (Å²) in [7, 11) is 0. The summed E-state index contributed by atoms with van der Waals surface area (Å²) in [5.74, 6) is 0.842. The molecule has 0 aliphatic heterocycles. The fourth-order valence-corrected chi connectivity index (χ4v) is 2.70. The monoisotopic (exact) mass is 343 g/mol. The molecule has 25 heavy (non-hydrogen) atoms. The highest BCUT2D eigenvalue weighted by atomic mass is 16.5. The standard InChI is InChI=1S/C21H30N2O2/c1-15-12-18(21(3,4)5)6-7-20(15)25-14-19(24)13-23-16(2)17-8-10-22-11-9-17/h6-12,16,19,23-24H,13-14H2,1-5H3/p+1/t16-,19+/m1/s1. The van der Waals surface area contributed by atoms with E-state index < -0.39 is 6.10 Å². The van der Waals surface area contributed by atoms with Gasteiger partial charge in [-0.1, -0.05) is 32.9 Å². The third-order valence-corrected chi connectivity index (χ3v) is 4.47. The van der Waals surface area contributed by atoms with Gasteiger partial charge in [-0.05, 0) is 48.6 Å². The first-order valence-electron chi connectivity index (χ1n) is 8.92. The maximum Gasteiger partial charge on any atom is 0.137 e. The summed E-state index contributed by atoms with van der Waals surface area (Å²) in [4.78, 5) is 4.03. The van der Waals surface area contributed by atoms with E-state index in [1.165, 1.54) is 11.1 Å². The first-order chi connectivity index (χ1) is 11.8. The van der Waals surface area contributed by atoms with Crippen molar-refractivity contribution >= 4 is 0 Å². The molecule has 1 aromatic heterocycles. The van der Waals surface area contributed by atoms with Gasteiger partial charge in [0.25, 0.3) is 0 Å². The van der Waals surface area contributed by atoms with Crippen LogP contribution in [0.5, 0.6) is 5.75 Å². The zero-order valence-corrected chi connectivity index (χ0v) is 16.0. The Kier molecular flexibility index (Phi) is 6.57. The molecule has 0 unspecified atom stereocenters. The Morgan fingerprint density at radius 1 is 1.16 bits per heavy atom. The Morgan fingerprint density at radius 3 is 2.44 bits per heavy atom. The number of nitrogens with zero attached hydrogens (tertiary/aromatic N) is 1. The van der Waals surface area contributed by atoms with E-state index in [4.69, 9.17) is 4.74 Å². The van der Waals surface area contributed by atoms with Gasteiger partial charge in [-0.15, -0.1) is 0 Å².